The highest BCUT2D eigenvalue weighted by molar-refractivity contribution is 6.14. The number of fused-ring (bicyclic) bond motifs is 15. The monoisotopic (exact) mass is 818 g/mol. The van der Waals surface area contributed by atoms with Gasteiger partial charge in [0.1, 0.15) is 5.65 Å². The Morgan fingerprint density at radius 2 is 0.844 bits per heavy atom. The molecule has 0 aliphatic carbocycles. The number of hydrogen-bond donors (Lipinski definition) is 0. The highest BCUT2D eigenvalue weighted by Gasteiger charge is 2.21. The van der Waals surface area contributed by atoms with E-state index in [4.69, 9.17) is 9.97 Å². The average molecular weight is 819 g/mol. The van der Waals surface area contributed by atoms with Crippen molar-refractivity contribution < 1.29 is 0 Å². The molecular weight excluding hydrogens is 785 g/mol. The molecule has 0 atom stereocenters. The Morgan fingerprint density at radius 3 is 1.52 bits per heavy atom. The minimum absolute atomic E-state index is 0.118. The highest BCUT2D eigenvalue weighted by Crippen LogP contribution is 2.40. The third kappa shape index (κ3) is 4.83. The van der Waals surface area contributed by atoms with Gasteiger partial charge in [-0.25, -0.2) is 14.4 Å². The molecule has 0 aliphatic heterocycles. The van der Waals surface area contributed by atoms with Gasteiger partial charge in [-0.05, 0) is 114 Å². The first-order valence-corrected chi connectivity index (χ1v) is 21.5. The van der Waals surface area contributed by atoms with E-state index in [-0.39, 0.29) is 5.56 Å². The Labute approximate surface area is 364 Å². The molecule has 64 heavy (non-hydrogen) atoms. The van der Waals surface area contributed by atoms with E-state index < -0.39 is 0 Å². The van der Waals surface area contributed by atoms with Crippen LogP contribution in [0.2, 0.25) is 0 Å². The lowest BCUT2D eigenvalue weighted by Crippen LogP contribution is -2.19. The maximum Gasteiger partial charge on any atom is 0.267 e. The largest absolute Gasteiger partial charge is 0.309 e. The van der Waals surface area contributed by atoms with E-state index in [1.54, 1.807) is 4.40 Å². The molecule has 0 unspecified atom stereocenters. The predicted molar refractivity (Wildman–Crippen MR) is 262 cm³/mol. The van der Waals surface area contributed by atoms with E-state index in [0.717, 1.165) is 83.0 Å². The fourth-order valence-corrected chi connectivity index (χ4v) is 10.3. The van der Waals surface area contributed by atoms with Crippen LogP contribution in [-0.4, -0.2) is 27.9 Å². The van der Waals surface area contributed by atoms with Crippen molar-refractivity contribution in [3.63, 3.8) is 0 Å². The van der Waals surface area contributed by atoms with Crippen molar-refractivity contribution in [1.82, 2.24) is 27.9 Å². The topological polar surface area (TPSA) is 61.5 Å². The van der Waals surface area contributed by atoms with E-state index in [1.165, 1.54) is 21.8 Å². The molecule has 9 aromatic carbocycles. The minimum atomic E-state index is -0.118. The number of benzene rings is 9. The summed E-state index contributed by atoms with van der Waals surface area (Å²) in [7, 11) is 0. The number of para-hydroxylation sites is 7. The molecular formula is C57H34N6O. The third-order valence-corrected chi connectivity index (χ3v) is 13.1. The molecule has 0 saturated heterocycles. The molecule has 0 spiro atoms. The molecule has 0 amide bonds. The molecule has 0 fully saturated rings. The van der Waals surface area contributed by atoms with Gasteiger partial charge in [-0.1, -0.05) is 109 Å². The van der Waals surface area contributed by atoms with Gasteiger partial charge in [0.15, 0.2) is 0 Å². The van der Waals surface area contributed by atoms with Gasteiger partial charge in [-0.3, -0.25) is 9.20 Å². The zero-order valence-electron chi connectivity index (χ0n) is 34.2. The van der Waals surface area contributed by atoms with Crippen LogP contribution >= 0.6 is 0 Å². The maximum atomic E-state index is 14.8. The van der Waals surface area contributed by atoms with Crippen molar-refractivity contribution in [1.29, 1.82) is 0 Å². The van der Waals surface area contributed by atoms with Gasteiger partial charge >= 0.3 is 0 Å². The molecule has 0 bridgehead atoms. The van der Waals surface area contributed by atoms with Gasteiger partial charge < -0.3 is 9.13 Å². The molecule has 0 saturated carbocycles. The Hall–Kier alpha value is -8.81. The van der Waals surface area contributed by atoms with E-state index in [1.807, 2.05) is 65.1 Å². The van der Waals surface area contributed by atoms with Gasteiger partial charge in [0.05, 0.1) is 49.5 Å². The maximum absolute atomic E-state index is 14.8. The van der Waals surface area contributed by atoms with Crippen LogP contribution in [0.15, 0.2) is 211 Å². The Bertz CT molecular complexity index is 4330. The Kier molecular flexibility index (Phi) is 7.13. The molecule has 0 aliphatic rings. The standard InChI is InChI=1S/C57H34N6O/c64-56-43-21-13-20-40(54(43)59-57-62-53-25-12-9-22-47(53)58-55(62)42-19-8-11-24-49(42)63(56)57)37-28-31-52-46(34-37)45-33-36(27-30-51(45)61(52)39-16-5-2-6-17-39)35-26-29-50-44(32-35)41-18-7-10-23-48(41)60(50)38-14-3-1-4-15-38/h1-34H. The summed E-state index contributed by atoms with van der Waals surface area (Å²) in [5, 5.41) is 6.14. The van der Waals surface area contributed by atoms with E-state index in [9.17, 15) is 4.79 Å². The number of hydrogen-bond acceptors (Lipinski definition) is 3. The zero-order valence-corrected chi connectivity index (χ0v) is 34.2. The molecule has 298 valence electrons. The second-order valence-corrected chi connectivity index (χ2v) is 16.6. The lowest BCUT2D eigenvalue weighted by molar-refractivity contribution is 1.05. The van der Waals surface area contributed by atoms with Crippen molar-refractivity contribution in [2.24, 2.45) is 0 Å². The lowest BCUT2D eigenvalue weighted by Gasteiger charge is -2.13. The summed E-state index contributed by atoms with van der Waals surface area (Å²) in [5.74, 6) is 0.530. The van der Waals surface area contributed by atoms with Crippen molar-refractivity contribution >= 4 is 87.9 Å². The van der Waals surface area contributed by atoms with Crippen LogP contribution in [0.5, 0.6) is 0 Å². The first kappa shape index (κ1) is 34.9. The Balaban J connectivity index is 1.01. The van der Waals surface area contributed by atoms with E-state index in [0.29, 0.717) is 16.7 Å². The smallest absolute Gasteiger partial charge is 0.267 e. The lowest BCUT2D eigenvalue weighted by atomic mass is 9.98. The van der Waals surface area contributed by atoms with Crippen LogP contribution in [0.3, 0.4) is 0 Å². The number of rotatable bonds is 4. The molecule has 5 aromatic heterocycles. The Morgan fingerprint density at radius 1 is 0.344 bits per heavy atom. The summed E-state index contributed by atoms with van der Waals surface area (Å²) >= 11 is 0. The molecule has 14 rings (SSSR count). The van der Waals surface area contributed by atoms with Crippen LogP contribution in [0, 0.1) is 0 Å². The quantitative estimate of drug-likeness (QED) is 0.131. The van der Waals surface area contributed by atoms with E-state index in [2.05, 4.69) is 155 Å². The SMILES string of the molecule is O=c1c2cccc(-c3ccc4c(c3)c3cc(-c5ccc6c(c5)c5ccccc5n6-c5ccccc5)ccc3n4-c3ccccc3)c2nc2n1c1ccccc1c1nc3ccccc3n12. The first-order valence-electron chi connectivity index (χ1n) is 21.5. The number of nitrogens with zero attached hydrogens (tertiary/aromatic N) is 6. The zero-order chi connectivity index (χ0) is 42.0. The van der Waals surface area contributed by atoms with Crippen molar-refractivity contribution in [2.45, 2.75) is 0 Å². The van der Waals surface area contributed by atoms with Crippen molar-refractivity contribution in [2.75, 3.05) is 0 Å². The van der Waals surface area contributed by atoms with E-state index >= 15 is 0 Å². The van der Waals surface area contributed by atoms with Crippen LogP contribution in [0.4, 0.5) is 0 Å². The predicted octanol–water partition coefficient (Wildman–Crippen LogP) is 13.3. The molecule has 7 nitrogen and oxygen atoms in total. The van der Waals surface area contributed by atoms with Gasteiger partial charge in [0.25, 0.3) is 5.56 Å². The second-order valence-electron chi connectivity index (χ2n) is 16.6. The van der Waals surface area contributed by atoms with Crippen molar-refractivity contribution in [3.05, 3.63) is 217 Å². The summed E-state index contributed by atoms with van der Waals surface area (Å²) in [6.45, 7) is 0. The van der Waals surface area contributed by atoms with Crippen LogP contribution in [-0.2, 0) is 0 Å². The first-order chi connectivity index (χ1) is 31.7. The summed E-state index contributed by atoms with van der Waals surface area (Å²) in [4.78, 5) is 25.3. The molecule has 0 N–H and O–H groups in total. The molecule has 14 aromatic rings. The molecule has 0 radical (unpaired) electrons. The van der Waals surface area contributed by atoms with Crippen molar-refractivity contribution in [3.8, 4) is 33.6 Å². The van der Waals surface area contributed by atoms with Crippen LogP contribution in [0.25, 0.3) is 122 Å². The fourth-order valence-electron chi connectivity index (χ4n) is 10.3. The second kappa shape index (κ2) is 13.1. The summed E-state index contributed by atoms with van der Waals surface area (Å²) in [6, 6.07) is 72.1. The van der Waals surface area contributed by atoms with Gasteiger partial charge in [0.2, 0.25) is 5.78 Å². The summed E-state index contributed by atoms with van der Waals surface area (Å²) < 4.78 is 8.48. The van der Waals surface area contributed by atoms with Crippen LogP contribution in [0.1, 0.15) is 0 Å². The average Bonchev–Trinajstić information content (AvgIpc) is 4.02. The highest BCUT2D eigenvalue weighted by atomic mass is 16.1. The van der Waals surface area contributed by atoms with Gasteiger partial charge in [0, 0.05) is 43.9 Å². The summed E-state index contributed by atoms with van der Waals surface area (Å²) in [5.41, 5.74) is 14.8. The van der Waals surface area contributed by atoms with Gasteiger partial charge in [-0.2, -0.15) is 0 Å². The fraction of sp³-hybridized carbons (Fsp3) is 0. The number of aromatic nitrogens is 6. The molecule has 7 heteroatoms. The third-order valence-electron chi connectivity index (χ3n) is 13.1. The normalized spacial score (nSPS) is 12.1. The summed E-state index contributed by atoms with van der Waals surface area (Å²) in [6.07, 6.45) is 0. The van der Waals surface area contributed by atoms with Gasteiger partial charge in [-0.15, -0.1) is 0 Å². The van der Waals surface area contributed by atoms with Crippen LogP contribution < -0.4 is 5.56 Å². The molecule has 5 heterocycles. The number of imidazole rings is 1. The minimum Gasteiger partial charge on any atom is -0.309 e.